The van der Waals surface area contributed by atoms with Gasteiger partial charge in [-0.25, -0.2) is 0 Å². The largest absolute Gasteiger partial charge is 0.330 e. The van der Waals surface area contributed by atoms with Crippen molar-refractivity contribution in [2.45, 2.75) is 31.7 Å². The summed E-state index contributed by atoms with van der Waals surface area (Å²) in [5.41, 5.74) is 5.55. The summed E-state index contributed by atoms with van der Waals surface area (Å²) in [4.78, 5) is 2.45. The van der Waals surface area contributed by atoms with Crippen LogP contribution >= 0.6 is 0 Å². The van der Waals surface area contributed by atoms with Crippen molar-refractivity contribution in [3.05, 3.63) is 0 Å². The molecule has 1 aliphatic rings. The summed E-state index contributed by atoms with van der Waals surface area (Å²) in [5, 5.41) is 3.44. The van der Waals surface area contributed by atoms with Gasteiger partial charge in [0, 0.05) is 12.6 Å². The minimum Gasteiger partial charge on any atom is -0.330 e. The van der Waals surface area contributed by atoms with Crippen molar-refractivity contribution in [2.24, 2.45) is 11.7 Å². The Balaban J connectivity index is 2.34. The fourth-order valence-electron chi connectivity index (χ4n) is 2.49. The van der Waals surface area contributed by atoms with E-state index in [1.807, 2.05) is 0 Å². The van der Waals surface area contributed by atoms with Crippen LogP contribution in [0.25, 0.3) is 0 Å². The van der Waals surface area contributed by atoms with Gasteiger partial charge < -0.3 is 16.0 Å². The molecule has 14 heavy (non-hydrogen) atoms. The normalized spacial score (nSPS) is 26.4. The van der Waals surface area contributed by atoms with E-state index >= 15 is 0 Å². The third-order valence-corrected chi connectivity index (χ3v) is 3.32. The van der Waals surface area contributed by atoms with Crippen LogP contribution in [0.2, 0.25) is 0 Å². The van der Waals surface area contributed by atoms with Gasteiger partial charge in [0.05, 0.1) is 0 Å². The number of nitrogens with zero attached hydrogens (tertiary/aromatic N) is 1. The lowest BCUT2D eigenvalue weighted by molar-refractivity contribution is 0.171. The fourth-order valence-corrected chi connectivity index (χ4v) is 2.49. The molecule has 0 amide bonds. The van der Waals surface area contributed by atoms with Crippen LogP contribution in [-0.2, 0) is 0 Å². The van der Waals surface area contributed by atoms with E-state index in [1.165, 1.54) is 32.4 Å². The molecule has 3 N–H and O–H groups in total. The molecule has 84 valence electrons. The second-order valence-electron chi connectivity index (χ2n) is 4.49. The summed E-state index contributed by atoms with van der Waals surface area (Å²) in [5.74, 6) is 0.824. The van der Waals surface area contributed by atoms with Crippen LogP contribution in [0.5, 0.6) is 0 Å². The van der Waals surface area contributed by atoms with Gasteiger partial charge >= 0.3 is 0 Å². The Kier molecular flexibility index (Phi) is 5.45. The minimum absolute atomic E-state index is 0.668. The molecule has 0 aromatic carbocycles. The van der Waals surface area contributed by atoms with Crippen molar-refractivity contribution in [1.29, 1.82) is 0 Å². The lowest BCUT2D eigenvalue weighted by atomic mass is 9.88. The van der Waals surface area contributed by atoms with Crippen LogP contribution in [0, 0.1) is 5.92 Å². The van der Waals surface area contributed by atoms with Crippen LogP contribution in [0.1, 0.15) is 25.7 Å². The van der Waals surface area contributed by atoms with Gasteiger partial charge in [0.25, 0.3) is 0 Å². The molecule has 0 saturated carbocycles. The zero-order valence-electron chi connectivity index (χ0n) is 9.63. The first-order chi connectivity index (χ1) is 6.77. The molecule has 2 atom stereocenters. The van der Waals surface area contributed by atoms with E-state index in [-0.39, 0.29) is 0 Å². The van der Waals surface area contributed by atoms with Crippen molar-refractivity contribution < 1.29 is 0 Å². The van der Waals surface area contributed by atoms with Crippen molar-refractivity contribution in [3.63, 3.8) is 0 Å². The quantitative estimate of drug-likeness (QED) is 0.683. The molecule has 0 aromatic heterocycles. The summed E-state index contributed by atoms with van der Waals surface area (Å²) in [7, 11) is 4.30. The highest BCUT2D eigenvalue weighted by Crippen LogP contribution is 2.20. The van der Waals surface area contributed by atoms with Crippen LogP contribution < -0.4 is 11.1 Å². The molecule has 0 aliphatic carbocycles. The zero-order valence-corrected chi connectivity index (χ0v) is 9.63. The fraction of sp³-hybridized carbons (Fsp3) is 1.00. The number of hydrogen-bond acceptors (Lipinski definition) is 3. The van der Waals surface area contributed by atoms with Crippen molar-refractivity contribution >= 4 is 0 Å². The van der Waals surface area contributed by atoms with Gasteiger partial charge in [-0.3, -0.25) is 0 Å². The van der Waals surface area contributed by atoms with E-state index in [2.05, 4.69) is 24.3 Å². The Hall–Kier alpha value is -0.120. The van der Waals surface area contributed by atoms with Gasteiger partial charge in [0.15, 0.2) is 0 Å². The SMILES string of the molecule is CNC(CCCN)C1CCCN(C)C1. The van der Waals surface area contributed by atoms with Crippen molar-refractivity contribution in [3.8, 4) is 0 Å². The molecule has 0 radical (unpaired) electrons. The Morgan fingerprint density at radius 2 is 2.36 bits per heavy atom. The third kappa shape index (κ3) is 3.56. The summed E-state index contributed by atoms with van der Waals surface area (Å²) in [6.45, 7) is 3.33. The van der Waals surface area contributed by atoms with Crippen molar-refractivity contribution in [2.75, 3.05) is 33.7 Å². The molecule has 0 spiro atoms. The van der Waals surface area contributed by atoms with E-state index in [9.17, 15) is 0 Å². The first kappa shape index (κ1) is 12.0. The maximum Gasteiger partial charge on any atom is 0.0105 e. The maximum atomic E-state index is 5.55. The van der Waals surface area contributed by atoms with E-state index in [0.29, 0.717) is 6.04 Å². The topological polar surface area (TPSA) is 41.3 Å². The molecule has 3 heteroatoms. The number of piperidine rings is 1. The smallest absolute Gasteiger partial charge is 0.0105 e. The van der Waals surface area contributed by atoms with Gasteiger partial charge in [0.1, 0.15) is 0 Å². The van der Waals surface area contributed by atoms with E-state index < -0.39 is 0 Å². The summed E-state index contributed by atoms with van der Waals surface area (Å²) < 4.78 is 0. The van der Waals surface area contributed by atoms with Gasteiger partial charge in [0.2, 0.25) is 0 Å². The van der Waals surface area contributed by atoms with Crippen molar-refractivity contribution in [1.82, 2.24) is 10.2 Å². The molecule has 2 unspecified atom stereocenters. The Morgan fingerprint density at radius 3 is 2.93 bits per heavy atom. The lowest BCUT2D eigenvalue weighted by Gasteiger charge is -2.35. The molecule has 1 aliphatic heterocycles. The lowest BCUT2D eigenvalue weighted by Crippen LogP contribution is -2.43. The van der Waals surface area contributed by atoms with E-state index in [0.717, 1.165) is 18.9 Å². The number of rotatable bonds is 5. The Labute approximate surface area is 88.0 Å². The molecule has 1 fully saturated rings. The minimum atomic E-state index is 0.668. The highest BCUT2D eigenvalue weighted by molar-refractivity contribution is 4.81. The second-order valence-corrected chi connectivity index (χ2v) is 4.49. The average Bonchev–Trinajstić information content (AvgIpc) is 2.19. The third-order valence-electron chi connectivity index (χ3n) is 3.32. The molecular weight excluding hydrogens is 174 g/mol. The Bertz CT molecular complexity index is 149. The maximum absolute atomic E-state index is 5.55. The molecule has 1 heterocycles. The number of likely N-dealkylation sites (tertiary alicyclic amines) is 1. The molecular formula is C11H25N3. The average molecular weight is 199 g/mol. The zero-order chi connectivity index (χ0) is 10.4. The molecule has 1 rings (SSSR count). The highest BCUT2D eigenvalue weighted by atomic mass is 15.1. The van der Waals surface area contributed by atoms with Crippen LogP contribution in [-0.4, -0.2) is 44.7 Å². The first-order valence-electron chi connectivity index (χ1n) is 5.83. The highest BCUT2D eigenvalue weighted by Gasteiger charge is 2.23. The number of nitrogens with two attached hydrogens (primary N) is 1. The van der Waals surface area contributed by atoms with Gasteiger partial charge in [-0.1, -0.05) is 0 Å². The van der Waals surface area contributed by atoms with E-state index in [4.69, 9.17) is 5.73 Å². The summed E-state index contributed by atoms with van der Waals surface area (Å²) in [6.07, 6.45) is 5.10. The summed E-state index contributed by atoms with van der Waals surface area (Å²) >= 11 is 0. The summed E-state index contributed by atoms with van der Waals surface area (Å²) in [6, 6.07) is 0.668. The van der Waals surface area contributed by atoms with Crippen LogP contribution in [0.15, 0.2) is 0 Å². The Morgan fingerprint density at radius 1 is 1.57 bits per heavy atom. The molecule has 3 nitrogen and oxygen atoms in total. The van der Waals surface area contributed by atoms with Crippen LogP contribution in [0.4, 0.5) is 0 Å². The predicted octanol–water partition coefficient (Wildman–Crippen LogP) is 0.655. The van der Waals surface area contributed by atoms with Gasteiger partial charge in [-0.15, -0.1) is 0 Å². The molecule has 0 aromatic rings. The standard InChI is InChI=1S/C11H25N3/c1-13-11(6-3-7-12)10-5-4-8-14(2)9-10/h10-11,13H,3-9,12H2,1-2H3. The predicted molar refractivity (Wildman–Crippen MR) is 61.4 cm³/mol. The van der Waals surface area contributed by atoms with Crippen LogP contribution in [0.3, 0.4) is 0 Å². The number of nitrogens with one attached hydrogen (secondary N) is 1. The molecule has 0 bridgehead atoms. The number of hydrogen-bond donors (Lipinski definition) is 2. The molecule has 1 saturated heterocycles. The van der Waals surface area contributed by atoms with E-state index in [1.54, 1.807) is 0 Å². The monoisotopic (exact) mass is 199 g/mol. The van der Waals surface area contributed by atoms with Gasteiger partial charge in [-0.05, 0) is 58.8 Å². The van der Waals surface area contributed by atoms with Gasteiger partial charge in [-0.2, -0.15) is 0 Å². The first-order valence-corrected chi connectivity index (χ1v) is 5.83. The second kappa shape index (κ2) is 6.38.